The minimum absolute atomic E-state index is 0.901. The minimum atomic E-state index is 0.901. The van der Waals surface area contributed by atoms with Crippen LogP contribution in [-0.4, -0.2) is 9.97 Å². The van der Waals surface area contributed by atoms with E-state index >= 15 is 0 Å². The van der Waals surface area contributed by atoms with Gasteiger partial charge in [-0.2, -0.15) is 0 Å². The predicted octanol–water partition coefficient (Wildman–Crippen LogP) is 3.03. The highest BCUT2D eigenvalue weighted by Crippen LogP contribution is 2.20. The number of hydrogen-bond acceptors (Lipinski definition) is 3. The number of unbranched alkanes of at least 4 members (excludes halogenated alkanes) is 1. The van der Waals surface area contributed by atoms with Crippen molar-refractivity contribution in [1.82, 2.24) is 9.97 Å². The second-order valence-electron chi connectivity index (χ2n) is 3.04. The Bertz CT molecular complexity index is 361. The van der Waals surface area contributed by atoms with Gasteiger partial charge in [0.15, 0.2) is 5.65 Å². The molecule has 0 aromatic carbocycles. The van der Waals surface area contributed by atoms with E-state index in [1.165, 1.54) is 22.5 Å². The summed E-state index contributed by atoms with van der Waals surface area (Å²) in [4.78, 5) is 8.67. The van der Waals surface area contributed by atoms with Gasteiger partial charge >= 0.3 is 0 Å². The molecular weight excluding hydrogens is 180 g/mol. The molecular formula is C10H12N2S. The van der Waals surface area contributed by atoms with E-state index < -0.39 is 0 Å². The van der Waals surface area contributed by atoms with Crippen LogP contribution in [0, 0.1) is 0 Å². The highest BCUT2D eigenvalue weighted by molar-refractivity contribution is 7.18. The van der Waals surface area contributed by atoms with Crippen LogP contribution >= 0.6 is 11.3 Å². The van der Waals surface area contributed by atoms with Crippen LogP contribution in [0.15, 0.2) is 18.3 Å². The van der Waals surface area contributed by atoms with E-state index in [9.17, 15) is 0 Å². The molecule has 2 nitrogen and oxygen atoms in total. The Kier molecular flexibility index (Phi) is 2.54. The van der Waals surface area contributed by atoms with Crippen LogP contribution in [-0.2, 0) is 6.42 Å². The number of nitrogens with zero attached hydrogens (tertiary/aromatic N) is 2. The summed E-state index contributed by atoms with van der Waals surface area (Å²) in [5.41, 5.74) is 0.901. The Morgan fingerprint density at radius 2 is 2.38 bits per heavy atom. The van der Waals surface area contributed by atoms with Crippen LogP contribution in [0.2, 0.25) is 0 Å². The fourth-order valence-electron chi connectivity index (χ4n) is 1.25. The number of rotatable bonds is 3. The Hall–Kier alpha value is -0.960. The summed E-state index contributed by atoms with van der Waals surface area (Å²) in [5, 5.41) is 1.22. The number of hydrogen-bond donors (Lipinski definition) is 0. The summed E-state index contributed by atoms with van der Waals surface area (Å²) in [6.07, 6.45) is 5.34. The average molecular weight is 192 g/mol. The topological polar surface area (TPSA) is 25.8 Å². The molecule has 0 saturated heterocycles. The molecule has 0 radical (unpaired) electrons. The summed E-state index contributed by atoms with van der Waals surface area (Å²) < 4.78 is 1.20. The van der Waals surface area contributed by atoms with Crippen molar-refractivity contribution >= 4 is 21.7 Å². The molecule has 0 bridgehead atoms. The molecule has 0 aliphatic carbocycles. The Balaban J connectivity index is 2.28. The molecule has 2 aromatic heterocycles. The van der Waals surface area contributed by atoms with Crippen molar-refractivity contribution in [3.8, 4) is 0 Å². The van der Waals surface area contributed by atoms with Gasteiger partial charge in [-0.3, -0.25) is 0 Å². The molecule has 0 amide bonds. The lowest BCUT2D eigenvalue weighted by Crippen LogP contribution is -1.82. The third-order valence-corrected chi connectivity index (χ3v) is 3.02. The number of pyridine rings is 1. The second kappa shape index (κ2) is 3.83. The van der Waals surface area contributed by atoms with Crippen molar-refractivity contribution in [1.29, 1.82) is 0 Å². The number of fused-ring (bicyclic) bond motifs is 1. The molecule has 2 aromatic rings. The average Bonchev–Trinajstić information content (AvgIpc) is 2.57. The minimum Gasteiger partial charge on any atom is -0.236 e. The maximum absolute atomic E-state index is 4.46. The quantitative estimate of drug-likeness (QED) is 0.747. The third-order valence-electron chi connectivity index (χ3n) is 1.95. The van der Waals surface area contributed by atoms with Gasteiger partial charge in [0, 0.05) is 6.20 Å². The van der Waals surface area contributed by atoms with Crippen molar-refractivity contribution in [2.45, 2.75) is 26.2 Å². The first-order valence-electron chi connectivity index (χ1n) is 4.60. The highest BCUT2D eigenvalue weighted by atomic mass is 32.1. The molecule has 0 fully saturated rings. The van der Waals surface area contributed by atoms with Gasteiger partial charge in [0.05, 0.1) is 9.71 Å². The molecule has 2 rings (SSSR count). The van der Waals surface area contributed by atoms with Gasteiger partial charge in [-0.15, -0.1) is 11.3 Å². The van der Waals surface area contributed by atoms with Gasteiger partial charge in [0.1, 0.15) is 0 Å². The fourth-order valence-corrected chi connectivity index (χ4v) is 2.22. The van der Waals surface area contributed by atoms with Crippen LogP contribution in [0.3, 0.4) is 0 Å². The van der Waals surface area contributed by atoms with E-state index in [-0.39, 0.29) is 0 Å². The Labute approximate surface area is 81.7 Å². The normalized spacial score (nSPS) is 10.8. The van der Waals surface area contributed by atoms with Crippen LogP contribution in [0.25, 0.3) is 10.3 Å². The molecule has 0 spiro atoms. The summed E-state index contributed by atoms with van der Waals surface area (Å²) in [6, 6.07) is 4.04. The van der Waals surface area contributed by atoms with Crippen LogP contribution in [0.4, 0.5) is 0 Å². The van der Waals surface area contributed by atoms with Gasteiger partial charge < -0.3 is 0 Å². The monoisotopic (exact) mass is 192 g/mol. The molecule has 0 aliphatic heterocycles. The van der Waals surface area contributed by atoms with E-state index in [0.29, 0.717) is 0 Å². The van der Waals surface area contributed by atoms with Gasteiger partial charge in [-0.1, -0.05) is 13.3 Å². The standard InChI is InChI=1S/C10H12N2S/c1-2-3-6-9-12-10-8(13-9)5-4-7-11-10/h4-5,7H,2-3,6H2,1H3. The van der Waals surface area contributed by atoms with Gasteiger partial charge in [-0.05, 0) is 25.0 Å². The molecule has 0 atom stereocenters. The molecule has 0 aliphatic rings. The zero-order valence-electron chi connectivity index (χ0n) is 7.66. The summed E-state index contributed by atoms with van der Waals surface area (Å²) >= 11 is 1.76. The lowest BCUT2D eigenvalue weighted by atomic mass is 10.3. The van der Waals surface area contributed by atoms with Crippen molar-refractivity contribution in [2.75, 3.05) is 0 Å². The van der Waals surface area contributed by atoms with E-state index in [1.807, 2.05) is 6.07 Å². The second-order valence-corrected chi connectivity index (χ2v) is 4.15. The lowest BCUT2D eigenvalue weighted by Gasteiger charge is -1.89. The van der Waals surface area contributed by atoms with E-state index in [1.54, 1.807) is 17.5 Å². The lowest BCUT2D eigenvalue weighted by molar-refractivity contribution is 0.791. The third kappa shape index (κ3) is 1.86. The van der Waals surface area contributed by atoms with Crippen LogP contribution < -0.4 is 0 Å². The van der Waals surface area contributed by atoms with Gasteiger partial charge in [0.2, 0.25) is 0 Å². The molecule has 0 unspecified atom stereocenters. The predicted molar refractivity (Wildman–Crippen MR) is 56.0 cm³/mol. The largest absolute Gasteiger partial charge is 0.236 e. The van der Waals surface area contributed by atoms with Gasteiger partial charge in [0.25, 0.3) is 0 Å². The highest BCUT2D eigenvalue weighted by Gasteiger charge is 2.02. The SMILES string of the molecule is CCCCc1nc2ncccc2s1. The van der Waals surface area contributed by atoms with Gasteiger partial charge in [-0.25, -0.2) is 9.97 Å². The first kappa shape index (κ1) is 8.63. The molecule has 0 saturated carbocycles. The summed E-state index contributed by atoms with van der Waals surface area (Å²) in [6.45, 7) is 2.20. The molecule has 0 N–H and O–H groups in total. The molecule has 2 heterocycles. The Morgan fingerprint density at radius 1 is 1.46 bits per heavy atom. The van der Waals surface area contributed by atoms with Crippen LogP contribution in [0.5, 0.6) is 0 Å². The van der Waals surface area contributed by atoms with E-state index in [4.69, 9.17) is 0 Å². The molecule has 13 heavy (non-hydrogen) atoms. The fraction of sp³-hybridized carbons (Fsp3) is 0.400. The van der Waals surface area contributed by atoms with Crippen molar-refractivity contribution in [3.05, 3.63) is 23.3 Å². The summed E-state index contributed by atoms with van der Waals surface area (Å²) in [7, 11) is 0. The molecule has 3 heteroatoms. The van der Waals surface area contributed by atoms with Crippen molar-refractivity contribution in [3.63, 3.8) is 0 Å². The zero-order chi connectivity index (χ0) is 9.10. The summed E-state index contributed by atoms with van der Waals surface area (Å²) in [5.74, 6) is 0. The number of aryl methyl sites for hydroxylation is 1. The number of thiazole rings is 1. The first-order chi connectivity index (χ1) is 6.40. The van der Waals surface area contributed by atoms with Crippen LogP contribution in [0.1, 0.15) is 24.8 Å². The first-order valence-corrected chi connectivity index (χ1v) is 5.42. The maximum atomic E-state index is 4.46. The Morgan fingerprint density at radius 3 is 3.15 bits per heavy atom. The molecule has 68 valence electrons. The maximum Gasteiger partial charge on any atom is 0.170 e. The van der Waals surface area contributed by atoms with Crippen molar-refractivity contribution in [2.24, 2.45) is 0 Å². The van der Waals surface area contributed by atoms with E-state index in [0.717, 1.165) is 12.1 Å². The smallest absolute Gasteiger partial charge is 0.170 e. The van der Waals surface area contributed by atoms with Crippen molar-refractivity contribution < 1.29 is 0 Å². The number of aromatic nitrogens is 2. The van der Waals surface area contributed by atoms with E-state index in [2.05, 4.69) is 23.0 Å². The zero-order valence-corrected chi connectivity index (χ0v) is 8.47.